The van der Waals surface area contributed by atoms with Gasteiger partial charge in [-0.3, -0.25) is 9.59 Å². The van der Waals surface area contributed by atoms with Crippen molar-refractivity contribution in [3.8, 4) is 0 Å². The number of halogens is 1. The number of anilines is 2. The van der Waals surface area contributed by atoms with Crippen molar-refractivity contribution < 1.29 is 9.59 Å². The highest BCUT2D eigenvalue weighted by molar-refractivity contribution is 6.30. The highest BCUT2D eigenvalue weighted by Crippen LogP contribution is 2.27. The molecule has 0 saturated carbocycles. The largest absolute Gasteiger partial charge is 0.324 e. The van der Waals surface area contributed by atoms with Crippen molar-refractivity contribution in [2.45, 2.75) is 33.6 Å². The van der Waals surface area contributed by atoms with E-state index < -0.39 is 0 Å². The van der Waals surface area contributed by atoms with Crippen molar-refractivity contribution in [1.29, 1.82) is 0 Å². The first-order valence-electron chi connectivity index (χ1n) is 8.22. The van der Waals surface area contributed by atoms with Crippen LogP contribution >= 0.6 is 11.6 Å². The van der Waals surface area contributed by atoms with E-state index in [1.165, 1.54) is 11.8 Å². The Hall–Kier alpha value is -2.33. The topological polar surface area (TPSA) is 49.4 Å². The van der Waals surface area contributed by atoms with Crippen molar-refractivity contribution >= 4 is 34.8 Å². The fraction of sp³-hybridized carbons (Fsp3) is 0.300. The number of benzene rings is 2. The molecule has 25 heavy (non-hydrogen) atoms. The van der Waals surface area contributed by atoms with Crippen molar-refractivity contribution in [3.63, 3.8) is 0 Å². The maximum atomic E-state index is 12.5. The molecule has 0 heterocycles. The third-order valence-corrected chi connectivity index (χ3v) is 4.23. The van der Waals surface area contributed by atoms with Crippen LogP contribution in [0, 0.1) is 6.92 Å². The number of rotatable bonds is 5. The summed E-state index contributed by atoms with van der Waals surface area (Å²) in [6.45, 7) is 7.43. The zero-order valence-corrected chi connectivity index (χ0v) is 15.7. The molecule has 0 aliphatic rings. The summed E-state index contributed by atoms with van der Waals surface area (Å²) in [5.74, 6) is -0.171. The van der Waals surface area contributed by atoms with Crippen molar-refractivity contribution in [2.75, 3.05) is 16.8 Å². The van der Waals surface area contributed by atoms with Crippen molar-refractivity contribution in [1.82, 2.24) is 0 Å². The van der Waals surface area contributed by atoms with Gasteiger partial charge in [0.15, 0.2) is 0 Å². The zero-order valence-electron chi connectivity index (χ0n) is 15.0. The van der Waals surface area contributed by atoms with Crippen LogP contribution in [-0.4, -0.2) is 18.4 Å². The minimum absolute atomic E-state index is 0.0405. The molecule has 0 bridgehead atoms. The second-order valence-corrected chi connectivity index (χ2v) is 6.76. The lowest BCUT2D eigenvalue weighted by Gasteiger charge is -2.25. The fourth-order valence-electron chi connectivity index (χ4n) is 2.69. The number of carbonyl (C=O) groups is 2. The summed E-state index contributed by atoms with van der Waals surface area (Å²) in [6, 6.07) is 12.9. The van der Waals surface area contributed by atoms with Crippen molar-refractivity contribution in [3.05, 3.63) is 58.6 Å². The molecule has 0 radical (unpaired) electrons. The van der Waals surface area contributed by atoms with Gasteiger partial charge in [0.2, 0.25) is 11.8 Å². The van der Waals surface area contributed by atoms with E-state index in [4.69, 9.17) is 11.6 Å². The van der Waals surface area contributed by atoms with E-state index >= 15 is 0 Å². The molecule has 5 heteroatoms. The predicted molar refractivity (Wildman–Crippen MR) is 103 cm³/mol. The molecule has 4 nitrogen and oxygen atoms in total. The van der Waals surface area contributed by atoms with Crippen LogP contribution in [0.3, 0.4) is 0 Å². The quantitative estimate of drug-likeness (QED) is 0.837. The Kier molecular flexibility index (Phi) is 6.21. The maximum absolute atomic E-state index is 12.5. The standard InChI is InChI=1S/C20H23ClN2O2/c1-13(2)17-7-5-6-8-19(17)23(15(4)24)12-20(25)22-18-10-9-16(21)11-14(18)3/h5-11,13H,12H2,1-4H3,(H,22,25). The molecule has 0 aliphatic heterocycles. The summed E-state index contributed by atoms with van der Waals surface area (Å²) in [6.07, 6.45) is 0. The average Bonchev–Trinajstić information content (AvgIpc) is 2.55. The Morgan fingerprint density at radius 1 is 1.16 bits per heavy atom. The number of carbonyl (C=O) groups excluding carboxylic acids is 2. The molecule has 2 amide bonds. The highest BCUT2D eigenvalue weighted by Gasteiger charge is 2.20. The molecule has 0 saturated heterocycles. The first-order chi connectivity index (χ1) is 11.8. The van der Waals surface area contributed by atoms with Gasteiger partial charge in [0.05, 0.1) is 0 Å². The highest BCUT2D eigenvalue weighted by atomic mass is 35.5. The molecule has 0 fully saturated rings. The van der Waals surface area contributed by atoms with Crippen molar-refractivity contribution in [2.24, 2.45) is 0 Å². The molecule has 2 aromatic carbocycles. The lowest BCUT2D eigenvalue weighted by Crippen LogP contribution is -2.37. The summed E-state index contributed by atoms with van der Waals surface area (Å²) in [7, 11) is 0. The Morgan fingerprint density at radius 3 is 2.44 bits per heavy atom. The first kappa shape index (κ1) is 19.0. The van der Waals surface area contributed by atoms with E-state index in [1.807, 2.05) is 31.2 Å². The minimum atomic E-state index is -0.251. The number of aryl methyl sites for hydroxylation is 1. The van der Waals surface area contributed by atoms with Gasteiger partial charge < -0.3 is 10.2 Å². The summed E-state index contributed by atoms with van der Waals surface area (Å²) < 4.78 is 0. The van der Waals surface area contributed by atoms with Crippen LogP contribution in [0.25, 0.3) is 0 Å². The molecule has 0 atom stereocenters. The number of para-hydroxylation sites is 1. The Balaban J connectivity index is 2.22. The molecule has 0 aliphatic carbocycles. The molecule has 2 aromatic rings. The summed E-state index contributed by atoms with van der Waals surface area (Å²) in [5.41, 5.74) is 3.37. The van der Waals surface area contributed by atoms with E-state index in [1.54, 1.807) is 18.2 Å². The fourth-order valence-corrected chi connectivity index (χ4v) is 2.92. The second kappa shape index (κ2) is 8.17. The van der Waals surface area contributed by atoms with Crippen LogP contribution < -0.4 is 10.2 Å². The molecule has 0 aromatic heterocycles. The van der Waals surface area contributed by atoms with Crippen LogP contribution in [0.15, 0.2) is 42.5 Å². The molecule has 2 rings (SSSR count). The Morgan fingerprint density at radius 2 is 1.84 bits per heavy atom. The molecule has 1 N–H and O–H groups in total. The van der Waals surface area contributed by atoms with Gasteiger partial charge in [-0.15, -0.1) is 0 Å². The van der Waals surface area contributed by atoms with Gasteiger partial charge >= 0.3 is 0 Å². The maximum Gasteiger partial charge on any atom is 0.244 e. The molecular formula is C20H23ClN2O2. The van der Waals surface area contributed by atoms with Gasteiger partial charge in [-0.1, -0.05) is 43.6 Å². The number of hydrogen-bond donors (Lipinski definition) is 1. The normalized spacial score (nSPS) is 10.6. The average molecular weight is 359 g/mol. The monoisotopic (exact) mass is 358 g/mol. The minimum Gasteiger partial charge on any atom is -0.324 e. The van der Waals surface area contributed by atoms with Gasteiger partial charge in [0.1, 0.15) is 6.54 Å². The number of nitrogens with one attached hydrogen (secondary N) is 1. The van der Waals surface area contributed by atoms with E-state index in [2.05, 4.69) is 19.2 Å². The lowest BCUT2D eigenvalue weighted by molar-refractivity contribution is -0.120. The van der Waals surface area contributed by atoms with Crippen LogP contribution in [0.4, 0.5) is 11.4 Å². The summed E-state index contributed by atoms with van der Waals surface area (Å²) >= 11 is 5.94. The third-order valence-electron chi connectivity index (χ3n) is 3.99. The second-order valence-electron chi connectivity index (χ2n) is 6.33. The SMILES string of the molecule is CC(=O)N(CC(=O)Nc1ccc(Cl)cc1C)c1ccccc1C(C)C. The van der Waals surface area contributed by atoms with Crippen LogP contribution in [-0.2, 0) is 9.59 Å². The first-order valence-corrected chi connectivity index (χ1v) is 8.60. The van der Waals surface area contributed by atoms with E-state index in [-0.39, 0.29) is 24.3 Å². The van der Waals surface area contributed by atoms with Gasteiger partial charge in [0, 0.05) is 23.3 Å². The smallest absolute Gasteiger partial charge is 0.244 e. The van der Waals surface area contributed by atoms with Crippen LogP contribution in [0.5, 0.6) is 0 Å². The van der Waals surface area contributed by atoms with E-state index in [9.17, 15) is 9.59 Å². The molecule has 132 valence electrons. The molecule has 0 unspecified atom stereocenters. The van der Waals surface area contributed by atoms with Gasteiger partial charge in [-0.25, -0.2) is 0 Å². The summed E-state index contributed by atoms with van der Waals surface area (Å²) in [4.78, 5) is 26.1. The Labute approximate surface area is 153 Å². The lowest BCUT2D eigenvalue weighted by atomic mass is 10.0. The van der Waals surface area contributed by atoms with E-state index in [0.717, 1.165) is 16.8 Å². The number of amides is 2. The zero-order chi connectivity index (χ0) is 18.6. The Bertz CT molecular complexity index is 787. The number of hydrogen-bond acceptors (Lipinski definition) is 2. The van der Waals surface area contributed by atoms with Gasteiger partial charge in [0.25, 0.3) is 0 Å². The molecular weight excluding hydrogens is 336 g/mol. The van der Waals surface area contributed by atoms with Crippen LogP contribution in [0.1, 0.15) is 37.8 Å². The summed E-state index contributed by atoms with van der Waals surface area (Å²) in [5, 5.41) is 3.47. The number of nitrogens with zero attached hydrogens (tertiary/aromatic N) is 1. The van der Waals surface area contributed by atoms with Gasteiger partial charge in [-0.2, -0.15) is 0 Å². The van der Waals surface area contributed by atoms with Crippen LogP contribution in [0.2, 0.25) is 5.02 Å². The van der Waals surface area contributed by atoms with Gasteiger partial charge in [-0.05, 0) is 48.2 Å². The third kappa shape index (κ3) is 4.83. The molecule has 0 spiro atoms. The predicted octanol–water partition coefficient (Wildman–Crippen LogP) is 4.76. The van der Waals surface area contributed by atoms with E-state index in [0.29, 0.717) is 10.7 Å².